The maximum atomic E-state index is 13.5. The fraction of sp³-hybridized carbons (Fsp3) is 0.297. The van der Waals surface area contributed by atoms with Crippen molar-refractivity contribution in [1.82, 2.24) is 14.3 Å². The van der Waals surface area contributed by atoms with Gasteiger partial charge in [0.2, 0.25) is 0 Å². The van der Waals surface area contributed by atoms with Gasteiger partial charge in [0, 0.05) is 48.6 Å². The lowest BCUT2D eigenvalue weighted by Crippen LogP contribution is -2.46. The van der Waals surface area contributed by atoms with E-state index < -0.39 is 0 Å². The molecule has 5 aromatic rings. The van der Waals surface area contributed by atoms with E-state index in [0.29, 0.717) is 6.61 Å². The highest BCUT2D eigenvalue weighted by atomic mass is 32.2. The van der Waals surface area contributed by atoms with Crippen LogP contribution in [0.4, 0.5) is 11.4 Å². The van der Waals surface area contributed by atoms with Crippen molar-refractivity contribution in [3.8, 4) is 11.4 Å². The summed E-state index contributed by atoms with van der Waals surface area (Å²) in [5.41, 5.74) is 5.58. The summed E-state index contributed by atoms with van der Waals surface area (Å²) in [7, 11) is 0. The normalized spacial score (nSPS) is 14.7. The molecule has 2 heterocycles. The third-order valence-electron chi connectivity index (χ3n) is 8.55. The molecular weight excluding hydrogens is 579 g/mol. The molecule has 1 aromatic heterocycles. The first-order chi connectivity index (χ1) is 22.1. The maximum Gasteiger partial charge on any atom is 0.350 e. The molecule has 0 bridgehead atoms. The number of hydrogen-bond donors (Lipinski definition) is 0. The Hall–Kier alpha value is -4.43. The molecule has 8 heteroatoms. The Balaban J connectivity index is 1.03. The van der Waals surface area contributed by atoms with E-state index >= 15 is 0 Å². The Morgan fingerprint density at radius 3 is 1.84 bits per heavy atom. The van der Waals surface area contributed by atoms with Gasteiger partial charge in [0.25, 0.3) is 0 Å². The van der Waals surface area contributed by atoms with E-state index in [1.54, 1.807) is 15.6 Å². The number of anilines is 2. The van der Waals surface area contributed by atoms with Crippen molar-refractivity contribution in [3.05, 3.63) is 137 Å². The predicted octanol–water partition coefficient (Wildman–Crippen LogP) is 7.21. The van der Waals surface area contributed by atoms with Gasteiger partial charge in [0.15, 0.2) is 0 Å². The molecule has 2 atom stereocenters. The van der Waals surface area contributed by atoms with Crippen LogP contribution in [0.5, 0.6) is 5.75 Å². The number of nitrogens with zero attached hydrogens (tertiary/aromatic N) is 5. The standard InChI is InChI=1S/C37H41N5O2S/c1-3-36(29(2)45-27-31-12-8-5-9-13-31)42-37(43)41(28-38-42)34-16-14-32(15-17-34)39-22-24-40(25-23-39)33-18-20-35(21-19-33)44-26-30-10-6-4-7-11-30/h4-21,28-29,36H,3,22-27H2,1-2H3/t29-,36-/m0/s1. The second-order valence-electron chi connectivity index (χ2n) is 11.5. The van der Waals surface area contributed by atoms with E-state index in [0.717, 1.165) is 55.4 Å². The lowest BCUT2D eigenvalue weighted by Gasteiger charge is -2.37. The summed E-state index contributed by atoms with van der Waals surface area (Å²) < 4.78 is 9.28. The zero-order valence-electron chi connectivity index (χ0n) is 26.0. The molecule has 0 saturated carbocycles. The average Bonchev–Trinajstić information content (AvgIpc) is 3.48. The van der Waals surface area contributed by atoms with Gasteiger partial charge >= 0.3 is 5.69 Å². The molecule has 0 amide bonds. The summed E-state index contributed by atoms with van der Waals surface area (Å²) in [5.74, 6) is 1.80. The predicted molar refractivity (Wildman–Crippen MR) is 186 cm³/mol. The molecule has 0 aliphatic carbocycles. The number of thioether (sulfide) groups is 1. The number of hydrogen-bond acceptors (Lipinski definition) is 6. The molecule has 45 heavy (non-hydrogen) atoms. The highest BCUT2D eigenvalue weighted by Gasteiger charge is 2.23. The van der Waals surface area contributed by atoms with Crippen LogP contribution >= 0.6 is 11.8 Å². The zero-order chi connectivity index (χ0) is 31.0. The largest absolute Gasteiger partial charge is 0.489 e. The van der Waals surface area contributed by atoms with Crippen molar-refractivity contribution < 1.29 is 4.74 Å². The van der Waals surface area contributed by atoms with Crippen LogP contribution in [-0.2, 0) is 12.4 Å². The SMILES string of the molecule is CC[C@@H]([C@H](C)SCc1ccccc1)n1ncn(-c2ccc(N3CCN(c4ccc(OCc5ccccc5)cc4)CC3)cc2)c1=O. The number of piperazine rings is 1. The third-order valence-corrected chi connectivity index (χ3v) is 9.89. The van der Waals surface area contributed by atoms with Crippen LogP contribution in [0.25, 0.3) is 5.69 Å². The quantitative estimate of drug-likeness (QED) is 0.147. The topological polar surface area (TPSA) is 55.5 Å². The Labute approximate surface area is 270 Å². The van der Waals surface area contributed by atoms with E-state index in [2.05, 4.69) is 102 Å². The zero-order valence-corrected chi connectivity index (χ0v) is 26.9. The molecule has 7 nitrogen and oxygen atoms in total. The Morgan fingerprint density at radius 1 is 0.733 bits per heavy atom. The molecule has 1 aliphatic heterocycles. The first-order valence-corrected chi connectivity index (χ1v) is 16.8. The van der Waals surface area contributed by atoms with Gasteiger partial charge in [0.05, 0.1) is 11.7 Å². The first-order valence-electron chi connectivity index (χ1n) is 15.8. The summed E-state index contributed by atoms with van der Waals surface area (Å²) in [4.78, 5) is 18.3. The summed E-state index contributed by atoms with van der Waals surface area (Å²) >= 11 is 1.87. The second-order valence-corrected chi connectivity index (χ2v) is 12.8. The molecule has 232 valence electrons. The molecule has 6 rings (SSSR count). The van der Waals surface area contributed by atoms with Crippen molar-refractivity contribution in [2.24, 2.45) is 0 Å². The van der Waals surface area contributed by atoms with Gasteiger partial charge < -0.3 is 14.5 Å². The minimum absolute atomic E-state index is 0.0287. The number of ether oxygens (including phenoxy) is 1. The van der Waals surface area contributed by atoms with E-state index in [4.69, 9.17) is 4.74 Å². The van der Waals surface area contributed by atoms with Crippen molar-refractivity contribution >= 4 is 23.1 Å². The number of rotatable bonds is 12. The lowest BCUT2D eigenvalue weighted by molar-refractivity contribution is 0.306. The van der Waals surface area contributed by atoms with E-state index in [9.17, 15) is 4.79 Å². The molecule has 1 fully saturated rings. The fourth-order valence-corrected chi connectivity index (χ4v) is 7.06. The van der Waals surface area contributed by atoms with Crippen molar-refractivity contribution in [2.75, 3.05) is 36.0 Å². The highest BCUT2D eigenvalue weighted by molar-refractivity contribution is 7.99. The third kappa shape index (κ3) is 7.45. The Bertz CT molecular complexity index is 1680. The van der Waals surface area contributed by atoms with Crippen LogP contribution in [0.15, 0.2) is 120 Å². The van der Waals surface area contributed by atoms with Gasteiger partial charge in [-0.3, -0.25) is 0 Å². The number of aromatic nitrogens is 3. The summed E-state index contributed by atoms with van der Waals surface area (Å²) in [6.45, 7) is 8.63. The molecule has 0 spiro atoms. The van der Waals surface area contributed by atoms with Gasteiger partial charge in [-0.05, 0) is 66.1 Å². The molecule has 0 unspecified atom stereocenters. The Kier molecular flexibility index (Phi) is 9.90. The Morgan fingerprint density at radius 2 is 1.27 bits per heavy atom. The smallest absolute Gasteiger partial charge is 0.350 e. The van der Waals surface area contributed by atoms with E-state index in [-0.39, 0.29) is 17.0 Å². The minimum Gasteiger partial charge on any atom is -0.489 e. The fourth-order valence-electron chi connectivity index (χ4n) is 5.88. The minimum atomic E-state index is -0.0909. The monoisotopic (exact) mass is 619 g/mol. The van der Waals surface area contributed by atoms with Crippen LogP contribution in [0, 0.1) is 0 Å². The van der Waals surface area contributed by atoms with Crippen LogP contribution in [-0.4, -0.2) is 45.8 Å². The summed E-state index contributed by atoms with van der Waals surface area (Å²) in [5, 5.41) is 4.80. The van der Waals surface area contributed by atoms with Gasteiger partial charge in [-0.15, -0.1) is 0 Å². The summed E-state index contributed by atoms with van der Waals surface area (Å²) in [6, 6.07) is 37.4. The van der Waals surface area contributed by atoms with Crippen molar-refractivity contribution in [2.45, 2.75) is 43.9 Å². The van der Waals surface area contributed by atoms with Gasteiger partial charge in [-0.25, -0.2) is 14.0 Å². The van der Waals surface area contributed by atoms with E-state index in [1.165, 1.54) is 16.9 Å². The number of benzene rings is 4. The molecule has 1 aliphatic rings. The summed E-state index contributed by atoms with van der Waals surface area (Å²) in [6.07, 6.45) is 2.50. The van der Waals surface area contributed by atoms with Gasteiger partial charge in [-0.1, -0.05) is 74.5 Å². The van der Waals surface area contributed by atoms with Crippen molar-refractivity contribution in [3.63, 3.8) is 0 Å². The van der Waals surface area contributed by atoms with Crippen LogP contribution in [0.1, 0.15) is 37.4 Å². The molecule has 1 saturated heterocycles. The lowest BCUT2D eigenvalue weighted by atomic mass is 10.2. The van der Waals surface area contributed by atoms with Crippen LogP contribution in [0.2, 0.25) is 0 Å². The van der Waals surface area contributed by atoms with Crippen LogP contribution in [0.3, 0.4) is 0 Å². The van der Waals surface area contributed by atoms with E-state index in [1.807, 2.05) is 48.2 Å². The molecule has 4 aromatic carbocycles. The molecular formula is C37H41N5O2S. The first kappa shape index (κ1) is 30.6. The van der Waals surface area contributed by atoms with Gasteiger partial charge in [-0.2, -0.15) is 16.9 Å². The molecule has 0 radical (unpaired) electrons. The average molecular weight is 620 g/mol. The maximum absolute atomic E-state index is 13.5. The van der Waals surface area contributed by atoms with Crippen LogP contribution < -0.4 is 20.2 Å². The second kappa shape index (κ2) is 14.6. The van der Waals surface area contributed by atoms with Gasteiger partial charge in [0.1, 0.15) is 18.7 Å². The highest BCUT2D eigenvalue weighted by Crippen LogP contribution is 2.28. The van der Waals surface area contributed by atoms with Crippen molar-refractivity contribution in [1.29, 1.82) is 0 Å². The molecule has 0 N–H and O–H groups in total.